The summed E-state index contributed by atoms with van der Waals surface area (Å²) in [5.74, 6) is -0.816. The summed E-state index contributed by atoms with van der Waals surface area (Å²) in [6.07, 6.45) is 0. The van der Waals surface area contributed by atoms with Crippen molar-refractivity contribution in [2.24, 2.45) is 0 Å². The fourth-order valence-corrected chi connectivity index (χ4v) is 4.43. The summed E-state index contributed by atoms with van der Waals surface area (Å²) < 4.78 is 5.55. The van der Waals surface area contributed by atoms with Crippen LogP contribution < -0.4 is 0 Å². The number of rotatable bonds is 5. The number of esters is 1. The van der Waals surface area contributed by atoms with Gasteiger partial charge in [-0.3, -0.25) is 4.79 Å². The molecule has 0 atom stereocenters. The lowest BCUT2D eigenvalue weighted by Crippen LogP contribution is -2.16. The molecule has 5 rings (SSSR count). The molecule has 166 valence electrons. The lowest BCUT2D eigenvalue weighted by molar-refractivity contribution is 0.0476. The third-order valence-electron chi connectivity index (χ3n) is 5.86. The summed E-state index contributed by atoms with van der Waals surface area (Å²) in [6, 6.07) is 27.9. The van der Waals surface area contributed by atoms with Crippen LogP contribution >= 0.6 is 11.6 Å². The summed E-state index contributed by atoms with van der Waals surface area (Å²) in [7, 11) is 0. The van der Waals surface area contributed by atoms with Crippen molar-refractivity contribution in [1.82, 2.24) is 4.98 Å². The molecule has 0 radical (unpaired) electrons. The second-order valence-electron chi connectivity index (χ2n) is 8.01. The molecule has 4 aromatic carbocycles. The van der Waals surface area contributed by atoms with Crippen molar-refractivity contribution in [3.8, 4) is 11.3 Å². The quantitative estimate of drug-likeness (QED) is 0.206. The van der Waals surface area contributed by atoms with Crippen LogP contribution in [0.25, 0.3) is 32.9 Å². The molecule has 5 aromatic rings. The van der Waals surface area contributed by atoms with Gasteiger partial charge in [-0.2, -0.15) is 0 Å². The Balaban J connectivity index is 1.50. The van der Waals surface area contributed by atoms with Gasteiger partial charge in [-0.15, -0.1) is 0 Å². The van der Waals surface area contributed by atoms with Crippen molar-refractivity contribution >= 4 is 45.0 Å². The number of pyridine rings is 1. The van der Waals surface area contributed by atoms with E-state index < -0.39 is 5.97 Å². The van der Waals surface area contributed by atoms with Crippen LogP contribution in [0.3, 0.4) is 0 Å². The number of ketones is 1. The van der Waals surface area contributed by atoms with Gasteiger partial charge in [0.1, 0.15) is 0 Å². The van der Waals surface area contributed by atoms with Crippen molar-refractivity contribution in [3.05, 3.63) is 113 Å². The van der Waals surface area contributed by atoms with E-state index in [0.717, 1.165) is 16.3 Å². The molecule has 0 amide bonds. The Bertz CT molecular complexity index is 1570. The highest BCUT2D eigenvalue weighted by atomic mass is 35.5. The van der Waals surface area contributed by atoms with Crippen molar-refractivity contribution in [1.29, 1.82) is 0 Å². The number of benzene rings is 4. The number of hydrogen-bond donors (Lipinski definition) is 0. The molecule has 4 nitrogen and oxygen atoms in total. The Morgan fingerprint density at radius 3 is 2.38 bits per heavy atom. The molecule has 0 fully saturated rings. The lowest BCUT2D eigenvalue weighted by Gasteiger charge is -2.14. The Morgan fingerprint density at radius 2 is 1.56 bits per heavy atom. The zero-order valence-corrected chi connectivity index (χ0v) is 19.2. The number of nitrogens with zero attached hydrogens (tertiary/aromatic N) is 1. The number of para-hydroxylation sites is 1. The third-order valence-corrected chi connectivity index (χ3v) is 6.10. The number of fused-ring (bicyclic) bond motifs is 2. The number of halogens is 1. The van der Waals surface area contributed by atoms with Gasteiger partial charge < -0.3 is 4.74 Å². The van der Waals surface area contributed by atoms with E-state index in [1.807, 2.05) is 85.8 Å². The topological polar surface area (TPSA) is 56.3 Å². The summed E-state index contributed by atoms with van der Waals surface area (Å²) in [5, 5.41) is 3.05. The van der Waals surface area contributed by atoms with Gasteiger partial charge in [0.25, 0.3) is 0 Å². The Kier molecular flexibility index (Phi) is 5.83. The van der Waals surface area contributed by atoms with Crippen LogP contribution in [0, 0.1) is 6.92 Å². The fraction of sp³-hybridized carbons (Fsp3) is 0.0690. The van der Waals surface area contributed by atoms with Crippen LogP contribution in [0.2, 0.25) is 5.02 Å². The van der Waals surface area contributed by atoms with Crippen molar-refractivity contribution in [2.45, 2.75) is 6.92 Å². The zero-order valence-electron chi connectivity index (χ0n) is 18.4. The van der Waals surface area contributed by atoms with Crippen molar-refractivity contribution in [2.75, 3.05) is 6.61 Å². The largest absolute Gasteiger partial charge is 0.454 e. The van der Waals surface area contributed by atoms with Gasteiger partial charge in [0.15, 0.2) is 6.61 Å². The third kappa shape index (κ3) is 4.04. The molecule has 34 heavy (non-hydrogen) atoms. The number of aromatic nitrogens is 1. The van der Waals surface area contributed by atoms with Crippen molar-refractivity contribution < 1.29 is 14.3 Å². The minimum Gasteiger partial charge on any atom is -0.454 e. The molecule has 1 aromatic heterocycles. The van der Waals surface area contributed by atoms with E-state index >= 15 is 0 Å². The van der Waals surface area contributed by atoms with E-state index in [4.69, 9.17) is 21.3 Å². The molecule has 0 spiro atoms. The molecule has 0 aliphatic rings. The molecule has 1 heterocycles. The molecular formula is C29H20ClNO3. The second kappa shape index (κ2) is 9.08. The maximum atomic E-state index is 13.3. The van der Waals surface area contributed by atoms with Crippen LogP contribution in [0.5, 0.6) is 0 Å². The van der Waals surface area contributed by atoms with E-state index in [-0.39, 0.29) is 12.4 Å². The average Bonchev–Trinajstić information content (AvgIpc) is 2.86. The zero-order chi connectivity index (χ0) is 23.7. The van der Waals surface area contributed by atoms with Crippen molar-refractivity contribution in [3.63, 3.8) is 0 Å². The molecule has 0 unspecified atom stereocenters. The van der Waals surface area contributed by atoms with Gasteiger partial charge in [-0.1, -0.05) is 84.4 Å². The van der Waals surface area contributed by atoms with Gasteiger partial charge in [0.05, 0.1) is 16.8 Å². The molecule has 5 heteroatoms. The maximum Gasteiger partial charge on any atom is 0.339 e. The summed E-state index contributed by atoms with van der Waals surface area (Å²) in [4.78, 5) is 31.0. The first-order valence-electron chi connectivity index (χ1n) is 10.9. The summed E-state index contributed by atoms with van der Waals surface area (Å²) in [5.41, 5.74) is 3.71. The fourth-order valence-electron chi connectivity index (χ4n) is 4.24. The average molecular weight is 466 g/mol. The van der Waals surface area contributed by atoms with Crippen LogP contribution in [-0.2, 0) is 4.74 Å². The van der Waals surface area contributed by atoms with Gasteiger partial charge >= 0.3 is 5.97 Å². The minimum absolute atomic E-state index is 0.253. The van der Waals surface area contributed by atoms with Crippen LogP contribution in [-0.4, -0.2) is 23.3 Å². The minimum atomic E-state index is -0.562. The number of ether oxygens (including phenoxy) is 1. The highest BCUT2D eigenvalue weighted by Gasteiger charge is 2.21. The maximum absolute atomic E-state index is 13.3. The molecule has 0 saturated heterocycles. The van der Waals surface area contributed by atoms with E-state index in [2.05, 4.69) is 0 Å². The molecule has 0 N–H and O–H groups in total. The van der Waals surface area contributed by atoms with Gasteiger partial charge in [-0.25, -0.2) is 9.78 Å². The van der Waals surface area contributed by atoms with Gasteiger partial charge in [-0.05, 0) is 41.5 Å². The highest BCUT2D eigenvalue weighted by Crippen LogP contribution is 2.31. The van der Waals surface area contributed by atoms with Crippen LogP contribution in [0.4, 0.5) is 0 Å². The lowest BCUT2D eigenvalue weighted by atomic mass is 9.97. The Hall–Kier alpha value is -4.02. The number of hydrogen-bond acceptors (Lipinski definition) is 4. The number of carbonyl (C=O) groups is 2. The number of Topliss-reactive ketones (excluding diaryl/α,β-unsaturated/α-hetero) is 1. The molecule has 0 bridgehead atoms. The molecular weight excluding hydrogens is 446 g/mol. The highest BCUT2D eigenvalue weighted by molar-refractivity contribution is 6.30. The summed E-state index contributed by atoms with van der Waals surface area (Å²) >= 11 is 6.20. The van der Waals surface area contributed by atoms with E-state index in [9.17, 15) is 9.59 Å². The molecule has 0 aliphatic carbocycles. The Morgan fingerprint density at radius 1 is 0.853 bits per heavy atom. The van der Waals surface area contributed by atoms with Crippen LogP contribution in [0.15, 0.2) is 91.0 Å². The standard InChI is InChI=1S/C29H20ClNO3/c1-18-27(24-13-4-5-15-25(24)31-28(18)20-10-6-11-21(30)16-20)29(33)34-17-26(32)23-14-7-9-19-8-2-3-12-22(19)23/h2-16H,17H2,1H3. The molecule has 0 aliphatic heterocycles. The predicted molar refractivity (Wildman–Crippen MR) is 135 cm³/mol. The smallest absolute Gasteiger partial charge is 0.339 e. The van der Waals surface area contributed by atoms with Gasteiger partial charge in [0.2, 0.25) is 5.78 Å². The monoisotopic (exact) mass is 465 g/mol. The van der Waals surface area contributed by atoms with E-state index in [1.54, 1.807) is 12.1 Å². The first-order chi connectivity index (χ1) is 16.5. The Labute approximate surface area is 201 Å². The summed E-state index contributed by atoms with van der Waals surface area (Å²) in [6.45, 7) is 1.48. The first-order valence-corrected chi connectivity index (χ1v) is 11.2. The second-order valence-corrected chi connectivity index (χ2v) is 8.45. The van der Waals surface area contributed by atoms with E-state index in [1.165, 1.54) is 0 Å². The van der Waals surface area contributed by atoms with Crippen LogP contribution in [0.1, 0.15) is 26.3 Å². The number of carbonyl (C=O) groups excluding carboxylic acids is 2. The SMILES string of the molecule is Cc1c(-c2cccc(Cl)c2)nc2ccccc2c1C(=O)OCC(=O)c1cccc2ccccc12. The normalized spacial score (nSPS) is 11.0. The van der Waals surface area contributed by atoms with Gasteiger partial charge in [0, 0.05) is 21.5 Å². The molecule has 0 saturated carbocycles. The van der Waals surface area contributed by atoms with E-state index in [0.29, 0.717) is 38.3 Å². The predicted octanol–water partition coefficient (Wildman–Crippen LogP) is 7.06. The first kappa shape index (κ1) is 21.8.